The zero-order valence-corrected chi connectivity index (χ0v) is 18.2. The normalized spacial score (nSPS) is 10.4. The molecule has 162 valence electrons. The van der Waals surface area contributed by atoms with Gasteiger partial charge in [-0.25, -0.2) is 4.98 Å². The van der Waals surface area contributed by atoms with E-state index in [-0.39, 0.29) is 25.5 Å². The number of ether oxygens (including phenoxy) is 3. The van der Waals surface area contributed by atoms with Gasteiger partial charge in [0, 0.05) is 10.9 Å². The van der Waals surface area contributed by atoms with Crippen LogP contribution >= 0.6 is 11.3 Å². The molecule has 0 aliphatic heterocycles. The number of aromatic nitrogens is 1. The van der Waals surface area contributed by atoms with Crippen LogP contribution in [0.25, 0.3) is 10.6 Å². The molecular weight excluding hydrogens is 416 g/mol. The van der Waals surface area contributed by atoms with Crippen molar-refractivity contribution in [3.8, 4) is 22.1 Å². The van der Waals surface area contributed by atoms with E-state index in [1.54, 1.807) is 7.11 Å². The first-order valence-electron chi connectivity index (χ1n) is 9.81. The molecule has 0 saturated carbocycles. The van der Waals surface area contributed by atoms with Gasteiger partial charge in [0.25, 0.3) is 0 Å². The zero-order chi connectivity index (χ0) is 22.1. The maximum atomic E-state index is 11.9. The molecule has 1 heterocycles. The molecule has 3 rings (SSSR count). The molecule has 31 heavy (non-hydrogen) atoms. The molecule has 0 radical (unpaired) electrons. The summed E-state index contributed by atoms with van der Waals surface area (Å²) in [5, 5.41) is 5.18. The van der Waals surface area contributed by atoms with Crippen LogP contribution in [0.15, 0.2) is 53.9 Å². The minimum absolute atomic E-state index is 0.0397. The summed E-state index contributed by atoms with van der Waals surface area (Å²) in [6, 6.07) is 14.9. The molecule has 0 unspecified atom stereocenters. The van der Waals surface area contributed by atoms with Crippen LogP contribution in [0.1, 0.15) is 18.2 Å². The first kappa shape index (κ1) is 22.3. The second-order valence-electron chi connectivity index (χ2n) is 6.54. The molecular formula is C23H24N2O5S. The van der Waals surface area contributed by atoms with Gasteiger partial charge in [0.05, 0.1) is 25.8 Å². The topological polar surface area (TPSA) is 86.8 Å². The maximum absolute atomic E-state index is 11.9. The van der Waals surface area contributed by atoms with E-state index in [1.165, 1.54) is 11.3 Å². The van der Waals surface area contributed by atoms with Crippen molar-refractivity contribution in [2.45, 2.75) is 20.0 Å². The van der Waals surface area contributed by atoms with E-state index in [2.05, 4.69) is 10.3 Å². The van der Waals surface area contributed by atoms with E-state index in [9.17, 15) is 9.59 Å². The molecule has 1 amide bonds. The Bertz CT molecular complexity index is 1020. The number of methoxy groups -OCH3 is 1. The number of amides is 1. The minimum Gasteiger partial charge on any atom is -0.493 e. The van der Waals surface area contributed by atoms with Crippen LogP contribution < -0.4 is 14.8 Å². The van der Waals surface area contributed by atoms with E-state index in [1.807, 2.05) is 60.8 Å². The van der Waals surface area contributed by atoms with Gasteiger partial charge in [-0.3, -0.25) is 9.59 Å². The summed E-state index contributed by atoms with van der Waals surface area (Å²) in [4.78, 5) is 28.4. The quantitative estimate of drug-likeness (QED) is 0.485. The van der Waals surface area contributed by atoms with Crippen molar-refractivity contribution in [2.75, 3.05) is 20.3 Å². The average Bonchev–Trinajstić information content (AvgIpc) is 3.26. The van der Waals surface area contributed by atoms with Gasteiger partial charge in [-0.1, -0.05) is 30.3 Å². The lowest BCUT2D eigenvalue weighted by atomic mass is 10.1. The van der Waals surface area contributed by atoms with Crippen molar-refractivity contribution < 1.29 is 23.8 Å². The zero-order valence-electron chi connectivity index (χ0n) is 17.4. The summed E-state index contributed by atoms with van der Waals surface area (Å²) in [5.41, 5.74) is 2.40. The monoisotopic (exact) mass is 440 g/mol. The van der Waals surface area contributed by atoms with Gasteiger partial charge in [0.2, 0.25) is 5.91 Å². The third-order valence-corrected chi connectivity index (χ3v) is 5.22. The van der Waals surface area contributed by atoms with Crippen molar-refractivity contribution in [1.82, 2.24) is 10.3 Å². The Hall–Kier alpha value is -3.39. The van der Waals surface area contributed by atoms with Crippen molar-refractivity contribution in [3.63, 3.8) is 0 Å². The molecule has 2 aromatic carbocycles. The predicted molar refractivity (Wildman–Crippen MR) is 118 cm³/mol. The number of nitrogens with zero attached hydrogens (tertiary/aromatic N) is 1. The van der Waals surface area contributed by atoms with Crippen molar-refractivity contribution >= 4 is 23.2 Å². The summed E-state index contributed by atoms with van der Waals surface area (Å²) in [5.74, 6) is 0.560. The van der Waals surface area contributed by atoms with Crippen LogP contribution in [0.4, 0.5) is 0 Å². The van der Waals surface area contributed by atoms with Crippen LogP contribution in [0.5, 0.6) is 11.5 Å². The van der Waals surface area contributed by atoms with Crippen LogP contribution in [-0.4, -0.2) is 37.1 Å². The molecule has 0 bridgehead atoms. The number of nitrogens with one attached hydrogen (secondary N) is 1. The van der Waals surface area contributed by atoms with E-state index >= 15 is 0 Å². The second-order valence-corrected chi connectivity index (χ2v) is 7.40. The van der Waals surface area contributed by atoms with Crippen LogP contribution in [0.3, 0.4) is 0 Å². The molecule has 0 saturated heterocycles. The molecule has 7 nitrogen and oxygen atoms in total. The van der Waals surface area contributed by atoms with Gasteiger partial charge in [-0.05, 0) is 30.7 Å². The van der Waals surface area contributed by atoms with Crippen molar-refractivity contribution in [1.29, 1.82) is 0 Å². The number of rotatable bonds is 10. The number of carbonyl (C=O) groups excluding carboxylic acids is 2. The van der Waals surface area contributed by atoms with Gasteiger partial charge in [0.15, 0.2) is 11.5 Å². The molecule has 0 atom stereocenters. The fourth-order valence-electron chi connectivity index (χ4n) is 2.80. The summed E-state index contributed by atoms with van der Waals surface area (Å²) in [6.45, 7) is 2.32. The second kappa shape index (κ2) is 11.1. The van der Waals surface area contributed by atoms with E-state index in [0.717, 1.165) is 16.1 Å². The summed E-state index contributed by atoms with van der Waals surface area (Å²) >= 11 is 1.44. The highest BCUT2D eigenvalue weighted by Gasteiger charge is 2.12. The lowest BCUT2D eigenvalue weighted by molar-refractivity contribution is -0.145. The number of esters is 1. The molecule has 1 N–H and O–H groups in total. The van der Waals surface area contributed by atoms with E-state index < -0.39 is 5.97 Å². The Morgan fingerprint density at radius 2 is 1.90 bits per heavy atom. The Kier molecular flexibility index (Phi) is 8.00. The lowest BCUT2D eigenvalue weighted by Crippen LogP contribution is -2.31. The average molecular weight is 441 g/mol. The highest BCUT2D eigenvalue weighted by Crippen LogP contribution is 2.33. The Morgan fingerprint density at radius 1 is 1.10 bits per heavy atom. The van der Waals surface area contributed by atoms with Gasteiger partial charge in [-0.15, -0.1) is 11.3 Å². The van der Waals surface area contributed by atoms with Gasteiger partial charge >= 0.3 is 5.97 Å². The Labute approximate surface area is 185 Å². The molecule has 0 spiro atoms. The van der Waals surface area contributed by atoms with Crippen molar-refractivity contribution in [3.05, 3.63) is 65.2 Å². The smallest absolute Gasteiger partial charge is 0.325 e. The third-order valence-electron chi connectivity index (χ3n) is 4.28. The largest absolute Gasteiger partial charge is 0.493 e. The Balaban J connectivity index is 1.48. The molecule has 0 fully saturated rings. The van der Waals surface area contributed by atoms with Gasteiger partial charge < -0.3 is 19.5 Å². The van der Waals surface area contributed by atoms with Crippen molar-refractivity contribution in [2.24, 2.45) is 0 Å². The fraction of sp³-hybridized carbons (Fsp3) is 0.261. The first-order chi connectivity index (χ1) is 15.1. The molecule has 3 aromatic rings. The number of hydrogen-bond donors (Lipinski definition) is 1. The number of carbonyl (C=O) groups is 2. The third kappa shape index (κ3) is 6.55. The Morgan fingerprint density at radius 3 is 2.65 bits per heavy atom. The maximum Gasteiger partial charge on any atom is 0.325 e. The fourth-order valence-corrected chi connectivity index (χ4v) is 3.60. The van der Waals surface area contributed by atoms with E-state index in [0.29, 0.717) is 23.8 Å². The van der Waals surface area contributed by atoms with E-state index in [4.69, 9.17) is 14.2 Å². The first-order valence-corrected chi connectivity index (χ1v) is 10.7. The van der Waals surface area contributed by atoms with Crippen LogP contribution in [-0.2, 0) is 27.4 Å². The van der Waals surface area contributed by atoms with Crippen LogP contribution in [0.2, 0.25) is 0 Å². The molecule has 1 aromatic heterocycles. The number of thiazole rings is 1. The summed E-state index contributed by atoms with van der Waals surface area (Å²) in [7, 11) is 1.59. The number of hydrogen-bond acceptors (Lipinski definition) is 7. The minimum atomic E-state index is -0.515. The predicted octanol–water partition coefficient (Wildman–Crippen LogP) is 3.62. The van der Waals surface area contributed by atoms with Gasteiger partial charge in [-0.2, -0.15) is 0 Å². The molecule has 0 aliphatic rings. The standard InChI is InChI=1S/C23H24N2O5S/c1-3-29-19-10-9-17(12-20(19)28-2)23-25-18(15-31-23)14-30-22(27)13-24-21(26)11-16-7-5-4-6-8-16/h4-10,12,15H,3,11,13-14H2,1-2H3,(H,24,26). The lowest BCUT2D eigenvalue weighted by Gasteiger charge is -2.10. The SMILES string of the molecule is CCOc1ccc(-c2nc(COC(=O)CNC(=O)Cc3ccccc3)cs2)cc1OC. The highest BCUT2D eigenvalue weighted by atomic mass is 32.1. The molecule has 0 aliphatic carbocycles. The number of benzene rings is 2. The highest BCUT2D eigenvalue weighted by molar-refractivity contribution is 7.13. The molecule has 8 heteroatoms. The van der Waals surface area contributed by atoms with Crippen LogP contribution in [0, 0.1) is 0 Å². The summed E-state index contributed by atoms with van der Waals surface area (Å²) < 4.78 is 16.1. The summed E-state index contributed by atoms with van der Waals surface area (Å²) in [6.07, 6.45) is 0.217. The van der Waals surface area contributed by atoms with Gasteiger partial charge in [0.1, 0.15) is 18.2 Å².